The second kappa shape index (κ2) is 5.68. The van der Waals surface area contributed by atoms with Gasteiger partial charge in [-0.1, -0.05) is 50.5 Å². The second-order valence-electron chi connectivity index (χ2n) is 5.35. The topological polar surface area (TPSA) is 12.0 Å². The van der Waals surface area contributed by atoms with E-state index < -0.39 is 0 Å². The molecule has 0 saturated heterocycles. The summed E-state index contributed by atoms with van der Waals surface area (Å²) in [5.41, 5.74) is 4.50. The third-order valence-electron chi connectivity index (χ3n) is 4.05. The maximum Gasteiger partial charge on any atom is 0.0211 e. The van der Waals surface area contributed by atoms with Gasteiger partial charge in [0.2, 0.25) is 0 Å². The van der Waals surface area contributed by atoms with Crippen LogP contribution in [-0.2, 0) is 6.54 Å². The van der Waals surface area contributed by atoms with E-state index >= 15 is 0 Å². The Balaban J connectivity index is 2.20. The van der Waals surface area contributed by atoms with E-state index in [9.17, 15) is 0 Å². The van der Waals surface area contributed by atoms with Gasteiger partial charge < -0.3 is 5.32 Å². The fourth-order valence-electron chi connectivity index (χ4n) is 3.08. The molecule has 0 aromatic heterocycles. The van der Waals surface area contributed by atoms with Crippen LogP contribution in [0.15, 0.2) is 18.2 Å². The Hall–Kier alpha value is -0.820. The molecule has 1 nitrogen and oxygen atoms in total. The normalized spacial score (nSPS) is 23.5. The number of rotatable bonds is 4. The zero-order chi connectivity index (χ0) is 12.3. The smallest absolute Gasteiger partial charge is 0.0211 e. The van der Waals surface area contributed by atoms with Crippen LogP contribution in [0, 0.1) is 6.92 Å². The Kier molecular flexibility index (Phi) is 4.22. The highest BCUT2D eigenvalue weighted by Gasteiger charge is 2.27. The summed E-state index contributed by atoms with van der Waals surface area (Å²) in [5, 5.41) is 3.74. The molecule has 17 heavy (non-hydrogen) atoms. The van der Waals surface area contributed by atoms with Gasteiger partial charge in [0.25, 0.3) is 0 Å². The Morgan fingerprint density at radius 3 is 2.82 bits per heavy atom. The molecule has 2 unspecified atom stereocenters. The molecule has 0 spiro atoms. The van der Waals surface area contributed by atoms with Crippen LogP contribution in [0.4, 0.5) is 0 Å². The molecule has 1 aromatic rings. The summed E-state index contributed by atoms with van der Waals surface area (Å²) in [6.45, 7) is 7.84. The summed E-state index contributed by atoms with van der Waals surface area (Å²) in [6, 6.07) is 7.67. The fourth-order valence-corrected chi connectivity index (χ4v) is 3.08. The summed E-state index contributed by atoms with van der Waals surface area (Å²) in [5.74, 6) is 0.714. The lowest BCUT2D eigenvalue weighted by molar-refractivity contribution is 0.364. The molecule has 1 N–H and O–H groups in total. The van der Waals surface area contributed by atoms with Crippen molar-refractivity contribution in [2.45, 2.75) is 65.0 Å². The molecule has 1 aliphatic rings. The molecular formula is C16H25N. The van der Waals surface area contributed by atoms with Gasteiger partial charge in [0.05, 0.1) is 0 Å². The first-order valence-electron chi connectivity index (χ1n) is 7.09. The van der Waals surface area contributed by atoms with E-state index in [1.165, 1.54) is 36.8 Å². The average molecular weight is 231 g/mol. The highest BCUT2D eigenvalue weighted by molar-refractivity contribution is 5.37. The number of unbranched alkanes of at least 4 members (excludes halogenated alkanes) is 1. The minimum Gasteiger partial charge on any atom is -0.309 e. The SMILES string of the molecule is CCCCC1NCc2cc(C)ccc2C1CC. The lowest BCUT2D eigenvalue weighted by Gasteiger charge is -2.34. The lowest BCUT2D eigenvalue weighted by Crippen LogP contribution is -2.39. The van der Waals surface area contributed by atoms with Crippen molar-refractivity contribution in [3.8, 4) is 0 Å². The summed E-state index contributed by atoms with van der Waals surface area (Å²) in [7, 11) is 0. The first kappa shape index (κ1) is 12.6. The molecule has 2 rings (SSSR count). The van der Waals surface area contributed by atoms with E-state index in [1.54, 1.807) is 5.56 Å². The molecule has 0 bridgehead atoms. The predicted molar refractivity (Wildman–Crippen MR) is 74.4 cm³/mol. The Bertz CT molecular complexity index is 370. The quantitative estimate of drug-likeness (QED) is 0.821. The largest absolute Gasteiger partial charge is 0.309 e. The summed E-state index contributed by atoms with van der Waals surface area (Å²) >= 11 is 0. The highest BCUT2D eigenvalue weighted by atomic mass is 14.9. The molecule has 2 atom stereocenters. The third kappa shape index (κ3) is 2.71. The number of aryl methyl sites for hydroxylation is 1. The van der Waals surface area contributed by atoms with Crippen LogP contribution in [0.3, 0.4) is 0 Å². The van der Waals surface area contributed by atoms with Crippen molar-refractivity contribution in [3.05, 3.63) is 34.9 Å². The van der Waals surface area contributed by atoms with Gasteiger partial charge in [-0.15, -0.1) is 0 Å². The fraction of sp³-hybridized carbons (Fsp3) is 0.625. The minimum absolute atomic E-state index is 0.690. The zero-order valence-corrected chi connectivity index (χ0v) is 11.4. The van der Waals surface area contributed by atoms with Crippen molar-refractivity contribution >= 4 is 0 Å². The van der Waals surface area contributed by atoms with Crippen molar-refractivity contribution in [2.24, 2.45) is 0 Å². The molecule has 0 radical (unpaired) electrons. The monoisotopic (exact) mass is 231 g/mol. The van der Waals surface area contributed by atoms with Gasteiger partial charge in [-0.2, -0.15) is 0 Å². The summed E-state index contributed by atoms with van der Waals surface area (Å²) in [6.07, 6.45) is 5.21. The van der Waals surface area contributed by atoms with Crippen LogP contribution >= 0.6 is 0 Å². The van der Waals surface area contributed by atoms with Crippen LogP contribution < -0.4 is 5.32 Å². The van der Waals surface area contributed by atoms with Gasteiger partial charge in [0.15, 0.2) is 0 Å². The molecule has 1 aliphatic heterocycles. The van der Waals surface area contributed by atoms with E-state index in [1.807, 2.05) is 0 Å². The van der Waals surface area contributed by atoms with E-state index in [-0.39, 0.29) is 0 Å². The van der Waals surface area contributed by atoms with Gasteiger partial charge in [-0.25, -0.2) is 0 Å². The van der Waals surface area contributed by atoms with Crippen LogP contribution in [0.2, 0.25) is 0 Å². The first-order chi connectivity index (χ1) is 8.26. The molecule has 0 aliphatic carbocycles. The Labute approximate surface area is 106 Å². The summed E-state index contributed by atoms with van der Waals surface area (Å²) < 4.78 is 0. The number of hydrogen-bond acceptors (Lipinski definition) is 1. The Morgan fingerprint density at radius 1 is 1.29 bits per heavy atom. The van der Waals surface area contributed by atoms with E-state index in [2.05, 4.69) is 44.3 Å². The van der Waals surface area contributed by atoms with Gasteiger partial charge in [0, 0.05) is 12.6 Å². The van der Waals surface area contributed by atoms with Crippen molar-refractivity contribution in [1.29, 1.82) is 0 Å². The van der Waals surface area contributed by atoms with E-state index in [0.717, 1.165) is 6.54 Å². The van der Waals surface area contributed by atoms with Crippen molar-refractivity contribution in [3.63, 3.8) is 0 Å². The maximum atomic E-state index is 3.74. The Morgan fingerprint density at radius 2 is 2.12 bits per heavy atom. The van der Waals surface area contributed by atoms with Crippen LogP contribution in [-0.4, -0.2) is 6.04 Å². The highest BCUT2D eigenvalue weighted by Crippen LogP contribution is 2.33. The standard InChI is InChI=1S/C16H25N/c1-4-6-7-16-14(5-2)15-9-8-12(3)10-13(15)11-17-16/h8-10,14,16-17H,4-7,11H2,1-3H3. The molecule has 0 fully saturated rings. The number of nitrogens with one attached hydrogen (secondary N) is 1. The van der Waals surface area contributed by atoms with Gasteiger partial charge >= 0.3 is 0 Å². The average Bonchev–Trinajstić information content (AvgIpc) is 2.35. The molecule has 1 heterocycles. The summed E-state index contributed by atoms with van der Waals surface area (Å²) in [4.78, 5) is 0. The van der Waals surface area contributed by atoms with Gasteiger partial charge in [-0.3, -0.25) is 0 Å². The van der Waals surface area contributed by atoms with Crippen LogP contribution in [0.5, 0.6) is 0 Å². The lowest BCUT2D eigenvalue weighted by atomic mass is 9.80. The minimum atomic E-state index is 0.690. The number of benzene rings is 1. The maximum absolute atomic E-state index is 3.74. The molecule has 0 saturated carbocycles. The molecule has 1 aromatic carbocycles. The van der Waals surface area contributed by atoms with Crippen LogP contribution in [0.1, 0.15) is 62.1 Å². The zero-order valence-electron chi connectivity index (χ0n) is 11.4. The van der Waals surface area contributed by atoms with E-state index in [0.29, 0.717) is 12.0 Å². The van der Waals surface area contributed by atoms with Gasteiger partial charge in [-0.05, 0) is 36.8 Å². The van der Waals surface area contributed by atoms with Crippen molar-refractivity contribution in [2.75, 3.05) is 0 Å². The molecule has 94 valence electrons. The van der Waals surface area contributed by atoms with Crippen molar-refractivity contribution in [1.82, 2.24) is 5.32 Å². The molecular weight excluding hydrogens is 206 g/mol. The first-order valence-corrected chi connectivity index (χ1v) is 7.09. The molecule has 0 amide bonds. The second-order valence-corrected chi connectivity index (χ2v) is 5.35. The molecule has 1 heteroatoms. The predicted octanol–water partition coefficient (Wildman–Crippen LogP) is 4.15. The van der Waals surface area contributed by atoms with Gasteiger partial charge in [0.1, 0.15) is 0 Å². The number of hydrogen-bond donors (Lipinski definition) is 1. The third-order valence-corrected chi connectivity index (χ3v) is 4.05. The van der Waals surface area contributed by atoms with Crippen molar-refractivity contribution < 1.29 is 0 Å². The van der Waals surface area contributed by atoms with Crippen LogP contribution in [0.25, 0.3) is 0 Å². The number of fused-ring (bicyclic) bond motifs is 1. The van der Waals surface area contributed by atoms with E-state index in [4.69, 9.17) is 0 Å².